The maximum Gasteiger partial charge on any atom is 0.490 e. The number of carbonyl (C=O) groups is 1. The van der Waals surface area contributed by atoms with Crippen LogP contribution in [0.25, 0.3) is 0 Å². The van der Waals surface area contributed by atoms with E-state index in [1.54, 1.807) is 0 Å². The highest BCUT2D eigenvalue weighted by atomic mass is 35.5. The first-order valence-electron chi connectivity index (χ1n) is 5.21. The molecule has 0 spiro atoms. The lowest BCUT2D eigenvalue weighted by Gasteiger charge is -2.18. The highest BCUT2D eigenvalue weighted by molar-refractivity contribution is 6.35. The SMILES string of the molecule is NC1Cc2c(Cl)cc(Cl)cc2C1OC(=O)C(F)(F)F. The number of halogens is 5. The number of hydrogen-bond donors (Lipinski definition) is 1. The van der Waals surface area contributed by atoms with E-state index < -0.39 is 24.3 Å². The number of hydrogen-bond acceptors (Lipinski definition) is 3. The molecule has 3 nitrogen and oxygen atoms in total. The number of fused-ring (bicyclic) bond motifs is 1. The minimum atomic E-state index is -5.06. The molecule has 2 rings (SSSR count). The molecule has 1 aliphatic rings. The zero-order chi connectivity index (χ0) is 14.4. The molecular formula is C11H8Cl2F3NO2. The largest absolute Gasteiger partial charge is 0.490 e. The molecule has 8 heteroatoms. The monoisotopic (exact) mass is 313 g/mol. The van der Waals surface area contributed by atoms with Gasteiger partial charge in [-0.15, -0.1) is 0 Å². The average Bonchev–Trinajstić information content (AvgIpc) is 2.56. The fourth-order valence-electron chi connectivity index (χ4n) is 2.00. The first-order valence-corrected chi connectivity index (χ1v) is 5.97. The minimum Gasteiger partial charge on any atom is -0.449 e. The summed E-state index contributed by atoms with van der Waals surface area (Å²) in [5.41, 5.74) is 6.57. The van der Waals surface area contributed by atoms with E-state index in [4.69, 9.17) is 28.9 Å². The summed E-state index contributed by atoms with van der Waals surface area (Å²) in [6.07, 6.45) is -6.04. The van der Waals surface area contributed by atoms with Gasteiger partial charge in [0.15, 0.2) is 0 Å². The van der Waals surface area contributed by atoms with Gasteiger partial charge in [0, 0.05) is 15.6 Å². The van der Waals surface area contributed by atoms with Gasteiger partial charge in [0.05, 0.1) is 6.04 Å². The van der Waals surface area contributed by atoms with Crippen molar-refractivity contribution >= 4 is 29.2 Å². The number of ether oxygens (including phenoxy) is 1. The van der Waals surface area contributed by atoms with E-state index in [2.05, 4.69) is 4.74 Å². The van der Waals surface area contributed by atoms with Gasteiger partial charge < -0.3 is 10.5 Å². The predicted octanol–water partition coefficient (Wildman–Crippen LogP) is 3.02. The summed E-state index contributed by atoms with van der Waals surface area (Å²) in [5.74, 6) is -2.28. The summed E-state index contributed by atoms with van der Waals surface area (Å²) < 4.78 is 41.0. The van der Waals surface area contributed by atoms with Gasteiger partial charge in [0.25, 0.3) is 0 Å². The quantitative estimate of drug-likeness (QED) is 0.811. The van der Waals surface area contributed by atoms with Gasteiger partial charge >= 0.3 is 12.1 Å². The van der Waals surface area contributed by atoms with Crippen molar-refractivity contribution in [3.05, 3.63) is 33.3 Å². The Morgan fingerprint density at radius 2 is 2.00 bits per heavy atom. The lowest BCUT2D eigenvalue weighted by molar-refractivity contribution is -0.205. The summed E-state index contributed by atoms with van der Waals surface area (Å²) in [7, 11) is 0. The molecule has 1 aliphatic carbocycles. The molecule has 0 heterocycles. The van der Waals surface area contributed by atoms with Gasteiger partial charge in [0.1, 0.15) is 6.10 Å². The fraction of sp³-hybridized carbons (Fsp3) is 0.364. The standard InChI is InChI=1S/C11H8Cl2F3NO2/c12-4-1-6-5(7(13)2-4)3-8(17)9(6)19-10(18)11(14,15)16/h1-2,8-9H,3,17H2. The van der Waals surface area contributed by atoms with Crippen molar-refractivity contribution in [3.63, 3.8) is 0 Å². The zero-order valence-electron chi connectivity index (χ0n) is 9.30. The van der Waals surface area contributed by atoms with Gasteiger partial charge in [-0.1, -0.05) is 23.2 Å². The maximum atomic E-state index is 12.2. The molecule has 2 N–H and O–H groups in total. The summed E-state index contributed by atoms with van der Waals surface area (Å²) >= 11 is 11.7. The molecule has 0 aromatic heterocycles. The lowest BCUT2D eigenvalue weighted by atomic mass is 10.1. The molecule has 104 valence electrons. The topological polar surface area (TPSA) is 52.3 Å². The smallest absolute Gasteiger partial charge is 0.449 e. The number of rotatable bonds is 1. The van der Waals surface area contributed by atoms with Crippen molar-refractivity contribution in [1.82, 2.24) is 0 Å². The van der Waals surface area contributed by atoms with Crippen molar-refractivity contribution in [2.24, 2.45) is 5.73 Å². The zero-order valence-corrected chi connectivity index (χ0v) is 10.8. The molecule has 2 atom stereocenters. The highest BCUT2D eigenvalue weighted by Gasteiger charge is 2.45. The molecule has 0 saturated heterocycles. The molecule has 2 unspecified atom stereocenters. The third-order valence-corrected chi connectivity index (χ3v) is 3.35. The molecule has 0 aliphatic heterocycles. The molecule has 0 bridgehead atoms. The third kappa shape index (κ3) is 2.80. The van der Waals surface area contributed by atoms with Crippen molar-refractivity contribution < 1.29 is 22.7 Å². The normalized spacial score (nSPS) is 22.2. The summed E-state index contributed by atoms with van der Waals surface area (Å²) in [6.45, 7) is 0. The van der Waals surface area contributed by atoms with E-state index in [0.717, 1.165) is 0 Å². The van der Waals surface area contributed by atoms with Crippen molar-refractivity contribution in [2.45, 2.75) is 24.7 Å². The van der Waals surface area contributed by atoms with Crippen LogP contribution in [0.1, 0.15) is 17.2 Å². The number of alkyl halides is 3. The van der Waals surface area contributed by atoms with Crippen LogP contribution in [-0.4, -0.2) is 18.2 Å². The third-order valence-electron chi connectivity index (χ3n) is 2.80. The Kier molecular flexibility index (Phi) is 3.68. The van der Waals surface area contributed by atoms with Crippen molar-refractivity contribution in [3.8, 4) is 0 Å². The van der Waals surface area contributed by atoms with Crippen LogP contribution in [0.3, 0.4) is 0 Å². The van der Waals surface area contributed by atoms with Crippen LogP contribution in [0, 0.1) is 0 Å². The molecule has 19 heavy (non-hydrogen) atoms. The van der Waals surface area contributed by atoms with Gasteiger partial charge in [0.2, 0.25) is 0 Å². The molecule has 1 aromatic rings. The Morgan fingerprint density at radius 1 is 1.37 bits per heavy atom. The van der Waals surface area contributed by atoms with Crippen LogP contribution < -0.4 is 5.73 Å². The second-order valence-corrected chi connectivity index (χ2v) is 4.99. The number of carbonyl (C=O) groups excluding carboxylic acids is 1. The second-order valence-electron chi connectivity index (χ2n) is 4.15. The van der Waals surface area contributed by atoms with Gasteiger partial charge in [-0.25, -0.2) is 4.79 Å². The van der Waals surface area contributed by atoms with E-state index in [9.17, 15) is 18.0 Å². The fourth-order valence-corrected chi connectivity index (χ4v) is 2.59. The number of nitrogens with two attached hydrogens (primary N) is 1. The van der Waals surface area contributed by atoms with Crippen molar-refractivity contribution in [2.75, 3.05) is 0 Å². The molecule has 0 saturated carbocycles. The van der Waals surface area contributed by atoms with E-state index >= 15 is 0 Å². The summed E-state index contributed by atoms with van der Waals surface area (Å²) in [5, 5.41) is 0.536. The Morgan fingerprint density at radius 3 is 2.58 bits per heavy atom. The summed E-state index contributed by atoms with van der Waals surface area (Å²) in [4.78, 5) is 10.9. The molecular weight excluding hydrogens is 306 g/mol. The Hall–Kier alpha value is -0.980. The highest BCUT2D eigenvalue weighted by Crippen LogP contribution is 2.40. The first kappa shape index (κ1) is 14.4. The predicted molar refractivity (Wildman–Crippen MR) is 63.0 cm³/mol. The van der Waals surface area contributed by atoms with Gasteiger partial charge in [-0.3, -0.25) is 0 Å². The van der Waals surface area contributed by atoms with E-state index in [-0.39, 0.29) is 11.4 Å². The Bertz CT molecular complexity index is 533. The number of benzene rings is 1. The molecule has 0 amide bonds. The Labute approximate surface area is 116 Å². The van der Waals surface area contributed by atoms with Crippen LogP contribution in [0.2, 0.25) is 10.0 Å². The second kappa shape index (κ2) is 4.85. The van der Waals surface area contributed by atoms with E-state index in [1.807, 2.05) is 0 Å². The van der Waals surface area contributed by atoms with Gasteiger partial charge in [-0.2, -0.15) is 13.2 Å². The van der Waals surface area contributed by atoms with Crippen LogP contribution in [0.5, 0.6) is 0 Å². The maximum absolute atomic E-state index is 12.2. The van der Waals surface area contributed by atoms with Gasteiger partial charge in [-0.05, 0) is 24.1 Å². The minimum absolute atomic E-state index is 0.223. The van der Waals surface area contributed by atoms with E-state index in [0.29, 0.717) is 16.1 Å². The lowest BCUT2D eigenvalue weighted by Crippen LogP contribution is -2.33. The Balaban J connectivity index is 2.33. The molecule has 0 fully saturated rings. The van der Waals surface area contributed by atoms with Crippen LogP contribution in [0.15, 0.2) is 12.1 Å². The summed E-state index contributed by atoms with van der Waals surface area (Å²) in [6, 6.07) is 2.09. The van der Waals surface area contributed by atoms with E-state index in [1.165, 1.54) is 12.1 Å². The molecule has 1 aromatic carbocycles. The number of esters is 1. The van der Waals surface area contributed by atoms with Crippen LogP contribution in [0.4, 0.5) is 13.2 Å². The van der Waals surface area contributed by atoms with Crippen LogP contribution in [-0.2, 0) is 16.0 Å². The first-order chi connectivity index (χ1) is 8.70. The van der Waals surface area contributed by atoms with Crippen molar-refractivity contribution in [1.29, 1.82) is 0 Å². The van der Waals surface area contributed by atoms with Crippen LogP contribution >= 0.6 is 23.2 Å². The average molecular weight is 314 g/mol. The molecule has 0 radical (unpaired) electrons.